The molecule has 3 rings (SSSR count). The number of halogens is 1. The summed E-state index contributed by atoms with van der Waals surface area (Å²) in [6.07, 6.45) is 2.83. The number of hydrogen-bond acceptors (Lipinski definition) is 5. The minimum absolute atomic E-state index is 0.100. The summed E-state index contributed by atoms with van der Waals surface area (Å²) < 4.78 is 49.4. The average Bonchev–Trinajstić information content (AvgIpc) is 2.91. The Balaban J connectivity index is 2.19. The fourth-order valence-electron chi connectivity index (χ4n) is 3.32. The molecule has 154 valence electrons. The third-order valence-corrected chi connectivity index (χ3v) is 5.58. The van der Waals surface area contributed by atoms with Crippen molar-refractivity contribution >= 4 is 21.4 Å². The van der Waals surface area contributed by atoms with E-state index in [4.69, 9.17) is 9.47 Å². The number of aliphatic carboxylic acids is 1. The van der Waals surface area contributed by atoms with Crippen molar-refractivity contribution < 1.29 is 32.2 Å². The van der Waals surface area contributed by atoms with Gasteiger partial charge in [-0.15, -0.1) is 0 Å². The summed E-state index contributed by atoms with van der Waals surface area (Å²) >= 11 is 0. The SMILES string of the molecule is CC1(C)C=C(c2cccc(F)c2)C(OCC(=O)O)(c2ccc(S(C)(=O)=O)cc2)O1. The molecule has 0 radical (unpaired) electrons. The summed E-state index contributed by atoms with van der Waals surface area (Å²) in [6.45, 7) is 2.86. The van der Waals surface area contributed by atoms with Gasteiger partial charge in [0.2, 0.25) is 5.79 Å². The molecule has 0 bridgehead atoms. The van der Waals surface area contributed by atoms with Gasteiger partial charge < -0.3 is 14.6 Å². The Bertz CT molecular complexity index is 1070. The van der Waals surface area contributed by atoms with Crippen molar-refractivity contribution in [1.82, 2.24) is 0 Å². The summed E-state index contributed by atoms with van der Waals surface area (Å²) in [5, 5.41) is 9.18. The van der Waals surface area contributed by atoms with Crippen molar-refractivity contribution in [3.05, 3.63) is 71.6 Å². The van der Waals surface area contributed by atoms with E-state index in [9.17, 15) is 22.7 Å². The lowest BCUT2D eigenvalue weighted by atomic mass is 9.91. The molecule has 1 N–H and O–H groups in total. The van der Waals surface area contributed by atoms with Crippen LogP contribution in [-0.4, -0.2) is 38.0 Å². The topological polar surface area (TPSA) is 89.9 Å². The van der Waals surface area contributed by atoms with Crippen LogP contribution in [0, 0.1) is 5.82 Å². The Morgan fingerprint density at radius 2 is 1.83 bits per heavy atom. The first-order chi connectivity index (χ1) is 13.4. The second-order valence-electron chi connectivity index (χ2n) is 7.37. The number of carbonyl (C=O) groups is 1. The van der Waals surface area contributed by atoms with Gasteiger partial charge in [-0.3, -0.25) is 0 Å². The first-order valence-electron chi connectivity index (χ1n) is 8.79. The van der Waals surface area contributed by atoms with Gasteiger partial charge in [-0.2, -0.15) is 0 Å². The molecule has 0 aromatic heterocycles. The van der Waals surface area contributed by atoms with E-state index in [-0.39, 0.29) is 4.90 Å². The van der Waals surface area contributed by atoms with E-state index in [0.29, 0.717) is 16.7 Å². The van der Waals surface area contributed by atoms with E-state index < -0.39 is 39.6 Å². The molecule has 29 heavy (non-hydrogen) atoms. The van der Waals surface area contributed by atoms with Gasteiger partial charge >= 0.3 is 5.97 Å². The maximum atomic E-state index is 13.9. The van der Waals surface area contributed by atoms with Gasteiger partial charge in [0, 0.05) is 17.4 Å². The van der Waals surface area contributed by atoms with Crippen LogP contribution in [0.3, 0.4) is 0 Å². The van der Waals surface area contributed by atoms with Gasteiger partial charge in [0.15, 0.2) is 9.84 Å². The van der Waals surface area contributed by atoms with Crippen LogP contribution in [0.5, 0.6) is 0 Å². The predicted molar refractivity (Wildman–Crippen MR) is 104 cm³/mol. The molecule has 1 aliphatic heterocycles. The molecule has 2 aromatic rings. The monoisotopic (exact) mass is 420 g/mol. The minimum Gasteiger partial charge on any atom is -0.480 e. The number of carboxylic acid groups (broad SMARTS) is 1. The number of rotatable bonds is 6. The van der Waals surface area contributed by atoms with Crippen molar-refractivity contribution in [1.29, 1.82) is 0 Å². The Kier molecular flexibility index (Phi) is 5.38. The lowest BCUT2D eigenvalue weighted by Gasteiger charge is -2.34. The molecule has 2 aromatic carbocycles. The summed E-state index contributed by atoms with van der Waals surface area (Å²) in [7, 11) is -3.42. The lowest BCUT2D eigenvalue weighted by Crippen LogP contribution is -2.37. The van der Waals surface area contributed by atoms with Gasteiger partial charge in [-0.25, -0.2) is 17.6 Å². The van der Waals surface area contributed by atoms with Crippen molar-refractivity contribution in [3.63, 3.8) is 0 Å². The predicted octanol–water partition coefficient (Wildman–Crippen LogP) is 3.38. The summed E-state index contributed by atoms with van der Waals surface area (Å²) in [5.41, 5.74) is 0.450. The largest absolute Gasteiger partial charge is 0.480 e. The summed E-state index contributed by atoms with van der Waals surface area (Å²) in [5.74, 6) is -3.32. The Morgan fingerprint density at radius 1 is 1.17 bits per heavy atom. The molecule has 1 aliphatic rings. The highest BCUT2D eigenvalue weighted by atomic mass is 32.2. The molecule has 0 saturated heterocycles. The molecule has 8 heteroatoms. The van der Waals surface area contributed by atoms with Crippen LogP contribution < -0.4 is 0 Å². The molecule has 0 amide bonds. The quantitative estimate of drug-likeness (QED) is 0.771. The number of carboxylic acids is 1. The van der Waals surface area contributed by atoms with Crippen molar-refractivity contribution in [2.75, 3.05) is 12.9 Å². The number of benzene rings is 2. The second-order valence-corrected chi connectivity index (χ2v) is 9.39. The van der Waals surface area contributed by atoms with Crippen molar-refractivity contribution in [3.8, 4) is 0 Å². The molecule has 1 unspecified atom stereocenters. The number of sulfone groups is 1. The molecule has 1 heterocycles. The van der Waals surface area contributed by atoms with E-state index in [1.807, 2.05) is 0 Å². The van der Waals surface area contributed by atoms with Gasteiger partial charge in [0.1, 0.15) is 12.4 Å². The standard InChI is InChI=1S/C21H21FO6S/c1-20(2)12-18(14-5-4-6-16(22)11-14)21(28-20,27-13-19(23)24)15-7-9-17(10-8-15)29(3,25)26/h4-12H,13H2,1-3H3,(H,23,24). The van der Waals surface area contributed by atoms with Crippen LogP contribution in [-0.2, 0) is 29.9 Å². The van der Waals surface area contributed by atoms with E-state index in [2.05, 4.69) is 0 Å². The third-order valence-electron chi connectivity index (χ3n) is 4.45. The highest BCUT2D eigenvalue weighted by molar-refractivity contribution is 7.90. The molecule has 0 fully saturated rings. The molecule has 6 nitrogen and oxygen atoms in total. The molecular weight excluding hydrogens is 399 g/mol. The van der Waals surface area contributed by atoms with Crippen molar-refractivity contribution in [2.24, 2.45) is 0 Å². The highest BCUT2D eigenvalue weighted by Crippen LogP contribution is 2.50. The van der Waals surface area contributed by atoms with Crippen molar-refractivity contribution in [2.45, 2.75) is 30.1 Å². The maximum absolute atomic E-state index is 13.9. The van der Waals surface area contributed by atoms with Crippen LogP contribution in [0.25, 0.3) is 5.57 Å². The summed E-state index contributed by atoms with van der Waals surface area (Å²) in [4.78, 5) is 11.3. The first kappa shape index (κ1) is 21.2. The van der Waals surface area contributed by atoms with Crippen LogP contribution in [0.4, 0.5) is 4.39 Å². The Hall–Kier alpha value is -2.55. The van der Waals surface area contributed by atoms with Gasteiger partial charge in [-0.05, 0) is 49.8 Å². The summed E-state index contributed by atoms with van der Waals surface area (Å²) in [6, 6.07) is 11.6. The average molecular weight is 420 g/mol. The fraction of sp³-hybridized carbons (Fsp3) is 0.286. The van der Waals surface area contributed by atoms with E-state index in [1.165, 1.54) is 42.5 Å². The van der Waals surface area contributed by atoms with E-state index in [1.54, 1.807) is 26.0 Å². The molecule has 0 aliphatic carbocycles. The first-order valence-corrected chi connectivity index (χ1v) is 10.7. The van der Waals surface area contributed by atoms with E-state index in [0.717, 1.165) is 6.26 Å². The molecular formula is C21H21FO6S. The smallest absolute Gasteiger partial charge is 0.329 e. The normalized spacial score (nSPS) is 21.0. The molecule has 1 atom stereocenters. The lowest BCUT2D eigenvalue weighted by molar-refractivity contribution is -0.232. The van der Waals surface area contributed by atoms with Gasteiger partial charge in [-0.1, -0.05) is 24.3 Å². The molecule has 0 spiro atoms. The zero-order valence-electron chi connectivity index (χ0n) is 16.2. The minimum atomic E-state index is -3.42. The molecule has 0 saturated carbocycles. The maximum Gasteiger partial charge on any atom is 0.329 e. The van der Waals surface area contributed by atoms with Crippen LogP contribution in [0.2, 0.25) is 0 Å². The van der Waals surface area contributed by atoms with E-state index >= 15 is 0 Å². The number of hydrogen-bond donors (Lipinski definition) is 1. The van der Waals surface area contributed by atoms with Gasteiger partial charge in [0.25, 0.3) is 0 Å². The second kappa shape index (κ2) is 7.37. The zero-order chi connectivity index (χ0) is 21.4. The number of ether oxygens (including phenoxy) is 2. The van der Waals surface area contributed by atoms with Gasteiger partial charge in [0.05, 0.1) is 10.5 Å². The van der Waals surface area contributed by atoms with Crippen LogP contribution in [0.15, 0.2) is 59.5 Å². The third kappa shape index (κ3) is 4.39. The highest BCUT2D eigenvalue weighted by Gasteiger charge is 2.49. The Labute approximate surface area is 168 Å². The van der Waals surface area contributed by atoms with Crippen LogP contribution >= 0.6 is 0 Å². The Morgan fingerprint density at radius 3 is 2.38 bits per heavy atom. The van der Waals surface area contributed by atoms with Crippen LogP contribution in [0.1, 0.15) is 25.0 Å². The zero-order valence-corrected chi connectivity index (χ0v) is 17.0. The fourth-order valence-corrected chi connectivity index (χ4v) is 3.95.